The van der Waals surface area contributed by atoms with Crippen LogP contribution in [0.1, 0.15) is 12.8 Å². The lowest BCUT2D eigenvalue weighted by molar-refractivity contribution is 0.477. The third-order valence-corrected chi connectivity index (χ3v) is 3.53. The molecule has 0 saturated carbocycles. The van der Waals surface area contributed by atoms with Gasteiger partial charge in [-0.15, -0.1) is 0 Å². The lowest BCUT2D eigenvalue weighted by atomic mass is 10.0. The maximum Gasteiger partial charge on any atom is 0.274 e. The van der Waals surface area contributed by atoms with Gasteiger partial charge in [0.25, 0.3) is 10.2 Å². The maximum absolute atomic E-state index is 10.5. The van der Waals surface area contributed by atoms with E-state index in [-0.39, 0.29) is 0 Å². The zero-order valence-electron chi connectivity index (χ0n) is 6.82. The molecule has 4 nitrogen and oxygen atoms in total. The fourth-order valence-electron chi connectivity index (χ4n) is 1.18. The van der Waals surface area contributed by atoms with E-state index in [1.165, 1.54) is 0 Å². The number of nitrogens with one attached hydrogen (secondary N) is 1. The maximum atomic E-state index is 10.5. The molecule has 0 unspecified atom stereocenters. The van der Waals surface area contributed by atoms with E-state index in [0.29, 0.717) is 12.5 Å². The van der Waals surface area contributed by atoms with Crippen molar-refractivity contribution in [3.05, 3.63) is 0 Å². The van der Waals surface area contributed by atoms with Gasteiger partial charge in [0.15, 0.2) is 0 Å². The van der Waals surface area contributed by atoms with Gasteiger partial charge in [0.05, 0.1) is 0 Å². The minimum atomic E-state index is -3.48. The summed E-state index contributed by atoms with van der Waals surface area (Å²) in [5, 5.41) is 4.81. The minimum absolute atomic E-state index is 0.476. The molecule has 0 atom stereocenters. The van der Waals surface area contributed by atoms with E-state index in [4.69, 9.17) is 5.14 Å². The van der Waals surface area contributed by atoms with Crippen molar-refractivity contribution in [2.75, 3.05) is 18.1 Å². The third kappa shape index (κ3) is 4.30. The molecule has 1 aliphatic heterocycles. The summed E-state index contributed by atoms with van der Waals surface area (Å²) in [6.07, 6.45) is 2.18. The van der Waals surface area contributed by atoms with E-state index < -0.39 is 10.2 Å². The summed E-state index contributed by atoms with van der Waals surface area (Å²) in [4.78, 5) is 0. The van der Waals surface area contributed by atoms with Crippen LogP contribution < -0.4 is 9.86 Å². The summed E-state index contributed by atoms with van der Waals surface area (Å²) in [5.74, 6) is 2.75. The lowest BCUT2D eigenvalue weighted by Crippen LogP contribution is -2.35. The predicted octanol–water partition coefficient (Wildman–Crippen LogP) is -0.0773. The first-order valence-corrected chi connectivity index (χ1v) is 6.63. The van der Waals surface area contributed by atoms with Gasteiger partial charge in [-0.25, -0.2) is 9.86 Å². The first-order chi connectivity index (χ1) is 5.58. The first kappa shape index (κ1) is 10.3. The molecule has 12 heavy (non-hydrogen) atoms. The van der Waals surface area contributed by atoms with Gasteiger partial charge in [-0.3, -0.25) is 0 Å². The minimum Gasteiger partial charge on any atom is -0.216 e. The van der Waals surface area contributed by atoms with Crippen LogP contribution >= 0.6 is 11.8 Å². The van der Waals surface area contributed by atoms with Crippen molar-refractivity contribution in [3.63, 3.8) is 0 Å². The molecule has 0 bridgehead atoms. The molecule has 1 saturated heterocycles. The zero-order chi connectivity index (χ0) is 9.03. The molecule has 0 amide bonds. The smallest absolute Gasteiger partial charge is 0.216 e. The summed E-state index contributed by atoms with van der Waals surface area (Å²) >= 11 is 1.92. The quantitative estimate of drug-likeness (QED) is 0.684. The number of hydrogen-bond acceptors (Lipinski definition) is 3. The second kappa shape index (κ2) is 4.45. The molecule has 1 aliphatic rings. The molecular weight excluding hydrogens is 196 g/mol. The van der Waals surface area contributed by atoms with Gasteiger partial charge >= 0.3 is 0 Å². The van der Waals surface area contributed by atoms with E-state index >= 15 is 0 Å². The Morgan fingerprint density at radius 1 is 1.42 bits per heavy atom. The second-order valence-corrected chi connectivity index (χ2v) is 5.55. The van der Waals surface area contributed by atoms with Crippen molar-refractivity contribution in [1.29, 1.82) is 0 Å². The lowest BCUT2D eigenvalue weighted by Gasteiger charge is -2.20. The Bertz CT molecular complexity index is 222. The van der Waals surface area contributed by atoms with Crippen LogP contribution in [0.15, 0.2) is 0 Å². The highest BCUT2D eigenvalue weighted by atomic mass is 32.2. The molecule has 0 spiro atoms. The Balaban J connectivity index is 2.22. The van der Waals surface area contributed by atoms with Gasteiger partial charge < -0.3 is 0 Å². The number of rotatable bonds is 3. The summed E-state index contributed by atoms with van der Waals surface area (Å²) in [6, 6.07) is 0. The zero-order valence-corrected chi connectivity index (χ0v) is 8.46. The van der Waals surface area contributed by atoms with Crippen molar-refractivity contribution in [2.24, 2.45) is 11.1 Å². The molecule has 1 rings (SSSR count). The molecule has 6 heteroatoms. The van der Waals surface area contributed by atoms with Crippen molar-refractivity contribution in [1.82, 2.24) is 4.72 Å². The Kier molecular flexibility index (Phi) is 3.82. The van der Waals surface area contributed by atoms with Gasteiger partial charge in [-0.05, 0) is 30.3 Å². The number of hydrogen-bond donors (Lipinski definition) is 2. The molecule has 0 aromatic heterocycles. The first-order valence-electron chi connectivity index (χ1n) is 3.93. The summed E-state index contributed by atoms with van der Waals surface area (Å²) < 4.78 is 23.4. The van der Waals surface area contributed by atoms with Crippen molar-refractivity contribution in [2.45, 2.75) is 12.8 Å². The summed E-state index contributed by atoms with van der Waals surface area (Å²) in [6.45, 7) is 0.499. The monoisotopic (exact) mass is 210 g/mol. The van der Waals surface area contributed by atoms with Crippen LogP contribution in [0.5, 0.6) is 0 Å². The van der Waals surface area contributed by atoms with Crippen molar-refractivity contribution in [3.8, 4) is 0 Å². The van der Waals surface area contributed by atoms with E-state index in [2.05, 4.69) is 4.72 Å². The predicted molar refractivity (Wildman–Crippen MR) is 51.2 cm³/mol. The molecule has 3 N–H and O–H groups in total. The molecule has 0 radical (unpaired) electrons. The van der Waals surface area contributed by atoms with Crippen molar-refractivity contribution >= 4 is 22.0 Å². The van der Waals surface area contributed by atoms with Crippen LogP contribution in [0.2, 0.25) is 0 Å². The third-order valence-electron chi connectivity index (χ3n) is 1.91. The van der Waals surface area contributed by atoms with Crippen LogP contribution in [0.25, 0.3) is 0 Å². The Morgan fingerprint density at radius 2 is 2.00 bits per heavy atom. The van der Waals surface area contributed by atoms with Gasteiger partial charge in [0.2, 0.25) is 0 Å². The fraction of sp³-hybridized carbons (Fsp3) is 1.00. The van der Waals surface area contributed by atoms with Gasteiger partial charge in [0, 0.05) is 6.54 Å². The molecule has 1 heterocycles. The van der Waals surface area contributed by atoms with E-state index in [0.717, 1.165) is 24.3 Å². The number of thioether (sulfide) groups is 1. The van der Waals surface area contributed by atoms with Crippen LogP contribution in [0.3, 0.4) is 0 Å². The van der Waals surface area contributed by atoms with E-state index in [9.17, 15) is 8.42 Å². The van der Waals surface area contributed by atoms with Crippen LogP contribution in [-0.4, -0.2) is 26.5 Å². The molecule has 1 fully saturated rings. The van der Waals surface area contributed by atoms with Gasteiger partial charge in [-0.1, -0.05) is 0 Å². The van der Waals surface area contributed by atoms with Gasteiger partial charge in [-0.2, -0.15) is 20.2 Å². The average molecular weight is 210 g/mol. The average Bonchev–Trinajstić information content (AvgIpc) is 2.02. The summed E-state index contributed by atoms with van der Waals surface area (Å²) in [5.41, 5.74) is 0. The normalized spacial score (nSPS) is 21.1. The van der Waals surface area contributed by atoms with Crippen LogP contribution in [0.4, 0.5) is 0 Å². The SMILES string of the molecule is NS(=O)(=O)NCC1CCSCC1. The van der Waals surface area contributed by atoms with Crippen LogP contribution in [-0.2, 0) is 10.2 Å². The Morgan fingerprint density at radius 3 is 2.50 bits per heavy atom. The van der Waals surface area contributed by atoms with Crippen molar-refractivity contribution < 1.29 is 8.42 Å². The Hall–Kier alpha value is 0.220. The molecule has 0 aromatic carbocycles. The number of nitrogens with two attached hydrogens (primary N) is 1. The Labute approximate surface area is 77.5 Å². The fourth-order valence-corrected chi connectivity index (χ4v) is 2.86. The topological polar surface area (TPSA) is 72.2 Å². The standard InChI is InChI=1S/C6H14N2O2S2/c7-12(9,10)8-5-6-1-3-11-4-2-6/h6,8H,1-5H2,(H2,7,9,10). The van der Waals surface area contributed by atoms with Gasteiger partial charge in [0.1, 0.15) is 0 Å². The van der Waals surface area contributed by atoms with Crippen LogP contribution in [0, 0.1) is 5.92 Å². The highest BCUT2D eigenvalue weighted by Gasteiger charge is 2.14. The summed E-state index contributed by atoms with van der Waals surface area (Å²) in [7, 11) is -3.48. The highest BCUT2D eigenvalue weighted by Crippen LogP contribution is 2.21. The largest absolute Gasteiger partial charge is 0.274 e. The second-order valence-electron chi connectivity index (χ2n) is 2.95. The molecule has 0 aliphatic carbocycles. The molecular formula is C6H14N2O2S2. The molecule has 72 valence electrons. The highest BCUT2D eigenvalue weighted by molar-refractivity contribution is 7.99. The van der Waals surface area contributed by atoms with E-state index in [1.54, 1.807) is 0 Å². The molecule has 0 aromatic rings. The van der Waals surface area contributed by atoms with E-state index in [1.807, 2.05) is 11.8 Å².